The van der Waals surface area contributed by atoms with Crippen molar-refractivity contribution in [1.29, 1.82) is 0 Å². The van der Waals surface area contributed by atoms with Crippen molar-refractivity contribution >= 4 is 11.6 Å². The van der Waals surface area contributed by atoms with E-state index in [9.17, 15) is 4.79 Å². The van der Waals surface area contributed by atoms with Gasteiger partial charge in [-0.15, -0.1) is 5.11 Å². The summed E-state index contributed by atoms with van der Waals surface area (Å²) in [6.45, 7) is 0. The van der Waals surface area contributed by atoms with Crippen LogP contribution in [0.2, 0.25) is 0 Å². The molecule has 4 nitrogen and oxygen atoms in total. The summed E-state index contributed by atoms with van der Waals surface area (Å²) in [6, 6.07) is 17.1. The maximum Gasteiger partial charge on any atom is 0.295 e. The second-order valence-electron chi connectivity index (χ2n) is 4.02. The van der Waals surface area contributed by atoms with E-state index in [0.29, 0.717) is 5.56 Å². The van der Waals surface area contributed by atoms with E-state index in [0.717, 1.165) is 11.3 Å². The van der Waals surface area contributed by atoms with Gasteiger partial charge in [0, 0.05) is 11.3 Å². The van der Waals surface area contributed by atoms with Crippen LogP contribution in [0.25, 0.3) is 0 Å². The van der Waals surface area contributed by atoms with E-state index in [-0.39, 0.29) is 12.1 Å². The molecule has 0 saturated carbocycles. The summed E-state index contributed by atoms with van der Waals surface area (Å²) in [5, 5.41) is 10.9. The number of hydrogen-bond donors (Lipinski definition) is 1. The Kier molecular flexibility index (Phi) is 2.61. The second-order valence-corrected chi connectivity index (χ2v) is 4.02. The average Bonchev–Trinajstić information content (AvgIpc) is 2.44. The van der Waals surface area contributed by atoms with Crippen molar-refractivity contribution < 1.29 is 4.79 Å². The standard InChI is InChI=1S/C14H11N3O/c18-14-12-9-5-4-8-11(12)13(16-17-14)15-10-6-2-1-3-7-10/h1-9,13,15H. The SMILES string of the molecule is O=C1N=NC(Nc2ccccc2)c2ccccc21. The molecule has 0 saturated heterocycles. The number of azo groups is 1. The number of carbonyl (C=O) groups is 1. The number of nitrogens with one attached hydrogen (secondary N) is 1. The first kappa shape index (κ1) is 10.7. The fraction of sp³-hybridized carbons (Fsp3) is 0.0714. The lowest BCUT2D eigenvalue weighted by atomic mass is 10.0. The van der Waals surface area contributed by atoms with Crippen LogP contribution >= 0.6 is 0 Å². The molecule has 1 aliphatic heterocycles. The summed E-state index contributed by atoms with van der Waals surface area (Å²) in [5.74, 6) is -0.281. The minimum Gasteiger partial charge on any atom is -0.359 e. The number of anilines is 1. The number of rotatable bonds is 2. The monoisotopic (exact) mass is 237 g/mol. The van der Waals surface area contributed by atoms with Crippen molar-refractivity contribution in [3.05, 3.63) is 65.7 Å². The number of carbonyl (C=O) groups excluding carboxylic acids is 1. The summed E-state index contributed by atoms with van der Waals surface area (Å²) >= 11 is 0. The van der Waals surface area contributed by atoms with E-state index in [1.165, 1.54) is 0 Å². The summed E-state index contributed by atoms with van der Waals surface area (Å²) < 4.78 is 0. The van der Waals surface area contributed by atoms with E-state index in [2.05, 4.69) is 15.5 Å². The zero-order valence-electron chi connectivity index (χ0n) is 9.58. The van der Waals surface area contributed by atoms with Crippen molar-refractivity contribution in [3.63, 3.8) is 0 Å². The number of nitrogens with zero attached hydrogens (tertiary/aromatic N) is 2. The van der Waals surface area contributed by atoms with Crippen molar-refractivity contribution in [3.8, 4) is 0 Å². The third-order valence-electron chi connectivity index (χ3n) is 2.83. The zero-order chi connectivity index (χ0) is 12.4. The first-order chi connectivity index (χ1) is 8.84. The van der Waals surface area contributed by atoms with Crippen LogP contribution in [0, 0.1) is 0 Å². The fourth-order valence-corrected chi connectivity index (χ4v) is 1.96. The molecule has 2 aromatic carbocycles. The van der Waals surface area contributed by atoms with Gasteiger partial charge < -0.3 is 5.32 Å². The lowest BCUT2D eigenvalue weighted by Gasteiger charge is -2.19. The minimum absolute atomic E-state index is 0.281. The highest BCUT2D eigenvalue weighted by Gasteiger charge is 2.22. The first-order valence-electron chi connectivity index (χ1n) is 5.70. The van der Waals surface area contributed by atoms with E-state index in [1.807, 2.05) is 48.5 Å². The molecule has 1 amide bonds. The average molecular weight is 237 g/mol. The molecule has 1 unspecified atom stereocenters. The third-order valence-corrected chi connectivity index (χ3v) is 2.83. The van der Waals surface area contributed by atoms with Crippen molar-refractivity contribution in [2.45, 2.75) is 6.17 Å². The highest BCUT2D eigenvalue weighted by Crippen LogP contribution is 2.28. The van der Waals surface area contributed by atoms with Gasteiger partial charge in [0.15, 0.2) is 6.17 Å². The quantitative estimate of drug-likeness (QED) is 0.870. The van der Waals surface area contributed by atoms with Gasteiger partial charge in [-0.1, -0.05) is 36.4 Å². The van der Waals surface area contributed by atoms with Crippen LogP contribution in [0.4, 0.5) is 5.69 Å². The van der Waals surface area contributed by atoms with Crippen LogP contribution in [0.3, 0.4) is 0 Å². The molecule has 2 aromatic rings. The van der Waals surface area contributed by atoms with E-state index in [1.54, 1.807) is 6.07 Å². The van der Waals surface area contributed by atoms with Gasteiger partial charge in [0.05, 0.1) is 5.56 Å². The van der Waals surface area contributed by atoms with Crippen LogP contribution in [0.15, 0.2) is 64.8 Å². The lowest BCUT2D eigenvalue weighted by Crippen LogP contribution is -2.16. The van der Waals surface area contributed by atoms with Gasteiger partial charge in [0.2, 0.25) is 0 Å². The Hall–Kier alpha value is -2.49. The Balaban J connectivity index is 1.95. The van der Waals surface area contributed by atoms with E-state index in [4.69, 9.17) is 0 Å². The first-order valence-corrected chi connectivity index (χ1v) is 5.70. The summed E-state index contributed by atoms with van der Waals surface area (Å²) in [4.78, 5) is 11.6. The van der Waals surface area contributed by atoms with Gasteiger partial charge in [-0.05, 0) is 18.2 Å². The molecular weight excluding hydrogens is 226 g/mol. The number of fused-ring (bicyclic) bond motifs is 1. The molecule has 88 valence electrons. The summed E-state index contributed by atoms with van der Waals surface area (Å²) in [6.07, 6.45) is -0.304. The normalized spacial score (nSPS) is 17.3. The fourth-order valence-electron chi connectivity index (χ4n) is 1.96. The Morgan fingerprint density at radius 2 is 1.67 bits per heavy atom. The molecule has 0 spiro atoms. The highest BCUT2D eigenvalue weighted by atomic mass is 16.1. The van der Waals surface area contributed by atoms with E-state index < -0.39 is 0 Å². The topological polar surface area (TPSA) is 53.8 Å². The third kappa shape index (κ3) is 1.88. The second kappa shape index (κ2) is 4.41. The number of hydrogen-bond acceptors (Lipinski definition) is 3. The molecule has 18 heavy (non-hydrogen) atoms. The molecule has 1 N–H and O–H groups in total. The Morgan fingerprint density at radius 1 is 0.944 bits per heavy atom. The molecule has 0 radical (unpaired) electrons. The molecule has 0 aliphatic carbocycles. The molecular formula is C14H11N3O. The van der Waals surface area contributed by atoms with Gasteiger partial charge in [0.25, 0.3) is 5.91 Å². The van der Waals surface area contributed by atoms with Gasteiger partial charge in [-0.2, -0.15) is 5.11 Å². The van der Waals surface area contributed by atoms with E-state index >= 15 is 0 Å². The van der Waals surface area contributed by atoms with Crippen molar-refractivity contribution in [2.75, 3.05) is 5.32 Å². The zero-order valence-corrected chi connectivity index (χ0v) is 9.58. The maximum atomic E-state index is 11.6. The summed E-state index contributed by atoms with van der Waals surface area (Å²) in [5.41, 5.74) is 2.42. The van der Waals surface area contributed by atoms with Gasteiger partial charge in [0.1, 0.15) is 0 Å². The molecule has 1 heterocycles. The van der Waals surface area contributed by atoms with Gasteiger partial charge >= 0.3 is 0 Å². The van der Waals surface area contributed by atoms with Crippen LogP contribution in [0.1, 0.15) is 22.1 Å². The smallest absolute Gasteiger partial charge is 0.295 e. The highest BCUT2D eigenvalue weighted by molar-refractivity contribution is 5.97. The molecule has 0 bridgehead atoms. The largest absolute Gasteiger partial charge is 0.359 e. The maximum absolute atomic E-state index is 11.6. The Bertz CT molecular complexity index is 607. The van der Waals surface area contributed by atoms with Crippen LogP contribution in [-0.4, -0.2) is 5.91 Å². The molecule has 3 rings (SSSR count). The molecule has 0 fully saturated rings. The number of amides is 1. The molecule has 1 aliphatic rings. The lowest BCUT2D eigenvalue weighted by molar-refractivity contribution is 0.0985. The predicted molar refractivity (Wildman–Crippen MR) is 68.4 cm³/mol. The minimum atomic E-state index is -0.304. The molecule has 1 atom stereocenters. The van der Waals surface area contributed by atoms with Crippen LogP contribution < -0.4 is 5.32 Å². The summed E-state index contributed by atoms with van der Waals surface area (Å²) in [7, 11) is 0. The number of para-hydroxylation sites is 1. The van der Waals surface area contributed by atoms with Crippen molar-refractivity contribution in [2.24, 2.45) is 10.2 Å². The van der Waals surface area contributed by atoms with Crippen LogP contribution in [-0.2, 0) is 0 Å². The number of benzene rings is 2. The molecule has 0 aromatic heterocycles. The Labute approximate surface area is 104 Å². The van der Waals surface area contributed by atoms with Gasteiger partial charge in [-0.3, -0.25) is 4.79 Å². The van der Waals surface area contributed by atoms with Gasteiger partial charge in [-0.25, -0.2) is 0 Å². The molecule has 4 heteroatoms. The van der Waals surface area contributed by atoms with Crippen LogP contribution in [0.5, 0.6) is 0 Å². The predicted octanol–water partition coefficient (Wildman–Crippen LogP) is 3.40. The van der Waals surface area contributed by atoms with Crippen molar-refractivity contribution in [1.82, 2.24) is 0 Å². The Morgan fingerprint density at radius 3 is 2.50 bits per heavy atom.